The van der Waals surface area contributed by atoms with Crippen molar-refractivity contribution in [2.24, 2.45) is 5.92 Å². The van der Waals surface area contributed by atoms with E-state index < -0.39 is 5.97 Å². The predicted octanol–water partition coefficient (Wildman–Crippen LogP) is 4.17. The van der Waals surface area contributed by atoms with Gasteiger partial charge in [-0.2, -0.15) is 0 Å². The zero-order valence-corrected chi connectivity index (χ0v) is 19.5. The number of hydrogen-bond acceptors (Lipinski definition) is 6. The van der Waals surface area contributed by atoms with Gasteiger partial charge >= 0.3 is 11.9 Å². The van der Waals surface area contributed by atoms with Gasteiger partial charge in [-0.05, 0) is 38.8 Å². The van der Waals surface area contributed by atoms with Crippen molar-refractivity contribution in [2.75, 3.05) is 26.3 Å². The van der Waals surface area contributed by atoms with Crippen molar-refractivity contribution in [3.8, 4) is 11.3 Å². The molecule has 1 saturated heterocycles. The van der Waals surface area contributed by atoms with E-state index in [9.17, 15) is 14.4 Å². The lowest BCUT2D eigenvalue weighted by atomic mass is 9.97. The summed E-state index contributed by atoms with van der Waals surface area (Å²) in [6.45, 7) is 4.67. The Hall–Kier alpha value is -3.74. The quantitative estimate of drug-likeness (QED) is 0.513. The molecule has 2 heterocycles. The van der Waals surface area contributed by atoms with Gasteiger partial charge in [0.15, 0.2) is 6.61 Å². The number of rotatable bonds is 6. The minimum atomic E-state index is -0.568. The highest BCUT2D eigenvalue weighted by atomic mass is 16.5. The number of fused-ring (bicyclic) bond motifs is 1. The Balaban J connectivity index is 1.45. The maximum Gasteiger partial charge on any atom is 0.339 e. The van der Waals surface area contributed by atoms with Crippen molar-refractivity contribution in [1.82, 2.24) is 9.88 Å². The van der Waals surface area contributed by atoms with Crippen LogP contribution in [0.15, 0.2) is 54.6 Å². The van der Waals surface area contributed by atoms with Crippen LogP contribution in [0.1, 0.15) is 35.7 Å². The molecular weight excluding hydrogens is 432 g/mol. The van der Waals surface area contributed by atoms with Crippen molar-refractivity contribution >= 4 is 28.7 Å². The third-order valence-corrected chi connectivity index (χ3v) is 6.08. The number of likely N-dealkylation sites (tertiary alicyclic amines) is 1. The molecule has 7 heteroatoms. The Kier molecular flexibility index (Phi) is 7.21. The first-order valence-corrected chi connectivity index (χ1v) is 11.5. The molecule has 1 aliphatic rings. The second-order valence-corrected chi connectivity index (χ2v) is 8.42. The molecule has 1 aliphatic heterocycles. The average molecular weight is 461 g/mol. The molecule has 0 aliphatic carbocycles. The number of para-hydroxylation sites is 1. The average Bonchev–Trinajstić information content (AvgIpc) is 2.87. The van der Waals surface area contributed by atoms with E-state index in [-0.39, 0.29) is 24.4 Å². The van der Waals surface area contributed by atoms with Crippen LogP contribution in [0.2, 0.25) is 0 Å². The highest BCUT2D eigenvalue weighted by molar-refractivity contribution is 6.05. The number of aromatic nitrogens is 1. The number of pyridine rings is 1. The first-order chi connectivity index (χ1) is 16.5. The summed E-state index contributed by atoms with van der Waals surface area (Å²) in [6.07, 6.45) is 1.10. The van der Waals surface area contributed by atoms with E-state index in [2.05, 4.69) is 0 Å². The summed E-state index contributed by atoms with van der Waals surface area (Å²) in [5.41, 5.74) is 3.74. The number of aryl methyl sites for hydroxylation is 1. The summed E-state index contributed by atoms with van der Waals surface area (Å²) in [7, 11) is 0. The van der Waals surface area contributed by atoms with Crippen LogP contribution in [0, 0.1) is 12.8 Å². The zero-order valence-electron chi connectivity index (χ0n) is 19.5. The van der Waals surface area contributed by atoms with Crippen molar-refractivity contribution in [3.63, 3.8) is 0 Å². The Morgan fingerprint density at radius 2 is 1.71 bits per heavy atom. The van der Waals surface area contributed by atoms with E-state index in [1.807, 2.05) is 55.5 Å². The van der Waals surface area contributed by atoms with E-state index in [4.69, 9.17) is 14.5 Å². The lowest BCUT2D eigenvalue weighted by Crippen LogP contribution is -2.42. The molecule has 176 valence electrons. The molecule has 0 unspecified atom stereocenters. The molecular formula is C27H28N2O5. The number of esters is 2. The predicted molar refractivity (Wildman–Crippen MR) is 128 cm³/mol. The van der Waals surface area contributed by atoms with Crippen LogP contribution in [-0.2, 0) is 19.1 Å². The summed E-state index contributed by atoms with van der Waals surface area (Å²) in [5, 5.41) is 0.672. The molecule has 0 saturated carbocycles. The second kappa shape index (κ2) is 10.5. The highest BCUT2D eigenvalue weighted by Crippen LogP contribution is 2.26. The fourth-order valence-corrected chi connectivity index (χ4v) is 4.14. The van der Waals surface area contributed by atoms with E-state index in [1.54, 1.807) is 17.9 Å². The molecule has 2 aromatic carbocycles. The molecule has 0 N–H and O–H groups in total. The van der Waals surface area contributed by atoms with Gasteiger partial charge in [-0.15, -0.1) is 0 Å². The Morgan fingerprint density at radius 1 is 1.00 bits per heavy atom. The number of nitrogens with zero attached hydrogens (tertiary/aromatic N) is 2. The zero-order chi connectivity index (χ0) is 24.1. The van der Waals surface area contributed by atoms with Crippen molar-refractivity contribution in [3.05, 3.63) is 65.7 Å². The minimum absolute atomic E-state index is 0.185. The fourth-order valence-electron chi connectivity index (χ4n) is 4.14. The number of carbonyl (C=O) groups is 3. The molecule has 0 spiro atoms. The van der Waals surface area contributed by atoms with Crippen LogP contribution in [0.5, 0.6) is 0 Å². The normalized spacial score (nSPS) is 14.1. The first kappa shape index (κ1) is 23.4. The number of benzene rings is 2. The highest BCUT2D eigenvalue weighted by Gasteiger charge is 2.28. The molecule has 3 aromatic rings. The molecule has 1 aromatic heterocycles. The van der Waals surface area contributed by atoms with E-state index >= 15 is 0 Å². The van der Waals surface area contributed by atoms with Gasteiger partial charge in [-0.3, -0.25) is 9.59 Å². The monoisotopic (exact) mass is 460 g/mol. The Bertz CT molecular complexity index is 1200. The third kappa shape index (κ3) is 5.25. The van der Waals surface area contributed by atoms with Gasteiger partial charge in [-0.25, -0.2) is 9.78 Å². The Morgan fingerprint density at radius 3 is 2.41 bits per heavy atom. The number of carbonyl (C=O) groups excluding carboxylic acids is 3. The fraction of sp³-hybridized carbons (Fsp3) is 0.333. The second-order valence-electron chi connectivity index (χ2n) is 8.42. The van der Waals surface area contributed by atoms with Crippen LogP contribution < -0.4 is 0 Å². The summed E-state index contributed by atoms with van der Waals surface area (Å²) in [5.74, 6) is -1.24. The van der Waals surface area contributed by atoms with E-state index in [1.165, 1.54) is 0 Å². The van der Waals surface area contributed by atoms with Gasteiger partial charge in [0.05, 0.1) is 29.3 Å². The van der Waals surface area contributed by atoms with Gasteiger partial charge in [0.2, 0.25) is 0 Å². The standard InChI is InChI=1S/C27H28N2O5/c1-3-33-26(31)20-12-14-29(15-13-20)25(30)17-34-27(32)22-16-24(19-10-8-18(2)9-11-19)28-23-7-5-4-6-21(22)23/h4-11,16,20H,3,12-15,17H2,1-2H3. The largest absolute Gasteiger partial charge is 0.466 e. The summed E-state index contributed by atoms with van der Waals surface area (Å²) < 4.78 is 10.5. The van der Waals surface area contributed by atoms with Crippen LogP contribution >= 0.6 is 0 Å². The SMILES string of the molecule is CCOC(=O)C1CCN(C(=O)COC(=O)c2cc(-c3ccc(C)cc3)nc3ccccc23)CC1. The van der Waals surface area contributed by atoms with E-state index in [0.717, 1.165) is 11.1 Å². The summed E-state index contributed by atoms with van der Waals surface area (Å²) in [6, 6.07) is 17.0. The number of piperidine rings is 1. The van der Waals surface area contributed by atoms with Crippen molar-refractivity contribution in [2.45, 2.75) is 26.7 Å². The molecule has 0 bridgehead atoms. The third-order valence-electron chi connectivity index (χ3n) is 6.08. The molecule has 0 radical (unpaired) electrons. The van der Waals surface area contributed by atoms with Crippen LogP contribution in [0.3, 0.4) is 0 Å². The van der Waals surface area contributed by atoms with Gasteiger partial charge in [0.25, 0.3) is 5.91 Å². The molecule has 34 heavy (non-hydrogen) atoms. The molecule has 7 nitrogen and oxygen atoms in total. The van der Waals surface area contributed by atoms with Gasteiger partial charge in [0.1, 0.15) is 0 Å². The minimum Gasteiger partial charge on any atom is -0.466 e. The van der Waals surface area contributed by atoms with Gasteiger partial charge in [0, 0.05) is 24.0 Å². The van der Waals surface area contributed by atoms with E-state index in [0.29, 0.717) is 54.7 Å². The van der Waals surface area contributed by atoms with Crippen LogP contribution in [0.4, 0.5) is 0 Å². The maximum atomic E-state index is 13.0. The van der Waals surface area contributed by atoms with Gasteiger partial charge < -0.3 is 14.4 Å². The summed E-state index contributed by atoms with van der Waals surface area (Å²) >= 11 is 0. The molecule has 1 amide bonds. The number of amides is 1. The molecule has 4 rings (SSSR count). The smallest absolute Gasteiger partial charge is 0.339 e. The Labute approximate surface area is 198 Å². The van der Waals surface area contributed by atoms with Crippen LogP contribution in [0.25, 0.3) is 22.2 Å². The van der Waals surface area contributed by atoms with Crippen molar-refractivity contribution < 1.29 is 23.9 Å². The lowest BCUT2D eigenvalue weighted by Gasteiger charge is -2.30. The lowest BCUT2D eigenvalue weighted by molar-refractivity contribution is -0.151. The topological polar surface area (TPSA) is 85.8 Å². The van der Waals surface area contributed by atoms with Crippen LogP contribution in [-0.4, -0.2) is 54.0 Å². The first-order valence-electron chi connectivity index (χ1n) is 11.5. The number of ether oxygens (including phenoxy) is 2. The molecule has 0 atom stereocenters. The van der Waals surface area contributed by atoms with Crippen molar-refractivity contribution in [1.29, 1.82) is 0 Å². The molecule has 1 fully saturated rings. The summed E-state index contributed by atoms with van der Waals surface area (Å²) in [4.78, 5) is 43.9. The number of hydrogen-bond donors (Lipinski definition) is 0. The maximum absolute atomic E-state index is 13.0. The van der Waals surface area contributed by atoms with Gasteiger partial charge in [-0.1, -0.05) is 48.0 Å².